The lowest BCUT2D eigenvalue weighted by Crippen LogP contribution is -2.26. The maximum absolute atomic E-state index is 12.2. The van der Waals surface area contributed by atoms with Crippen LogP contribution < -0.4 is 0 Å². The first-order chi connectivity index (χ1) is 11.1. The van der Waals surface area contributed by atoms with Gasteiger partial charge < -0.3 is 4.84 Å². The number of oxime groups is 1. The van der Waals surface area contributed by atoms with Crippen molar-refractivity contribution in [1.82, 2.24) is 0 Å². The number of ketones is 1. The summed E-state index contributed by atoms with van der Waals surface area (Å²) in [7, 11) is 0. The number of nitrogens with zero attached hydrogens (tertiary/aromatic N) is 1. The van der Waals surface area contributed by atoms with Crippen molar-refractivity contribution in [2.75, 3.05) is 0 Å². The van der Waals surface area contributed by atoms with Crippen LogP contribution in [0.2, 0.25) is 0 Å². The van der Waals surface area contributed by atoms with E-state index in [1.54, 1.807) is 0 Å². The number of benzene rings is 2. The zero-order valence-corrected chi connectivity index (χ0v) is 12.9. The van der Waals surface area contributed by atoms with Gasteiger partial charge in [0.15, 0.2) is 0 Å². The third-order valence-corrected chi connectivity index (χ3v) is 4.95. The summed E-state index contributed by atoms with van der Waals surface area (Å²) in [5.74, 6) is 0.0832. The van der Waals surface area contributed by atoms with Crippen LogP contribution in [0, 0.1) is 5.92 Å². The van der Waals surface area contributed by atoms with E-state index in [9.17, 15) is 9.59 Å². The molecule has 0 heterocycles. The van der Waals surface area contributed by atoms with Crippen molar-refractivity contribution in [3.05, 3.63) is 47.5 Å². The van der Waals surface area contributed by atoms with E-state index < -0.39 is 5.97 Å². The fourth-order valence-corrected chi connectivity index (χ4v) is 3.97. The van der Waals surface area contributed by atoms with Gasteiger partial charge in [-0.1, -0.05) is 41.6 Å². The first-order valence-corrected chi connectivity index (χ1v) is 7.94. The first kappa shape index (κ1) is 14.1. The van der Waals surface area contributed by atoms with Crippen LogP contribution in [0.15, 0.2) is 41.6 Å². The number of fused-ring (bicyclic) bond motifs is 5. The largest absolute Gasteiger partial charge is 0.331 e. The Morgan fingerprint density at radius 2 is 2.00 bits per heavy atom. The average Bonchev–Trinajstić information content (AvgIpc) is 2.93. The molecule has 0 aromatic heterocycles. The Kier molecular flexibility index (Phi) is 3.26. The lowest BCUT2D eigenvalue weighted by Gasteiger charge is -2.29. The Balaban J connectivity index is 1.95. The van der Waals surface area contributed by atoms with Crippen molar-refractivity contribution in [3.63, 3.8) is 0 Å². The van der Waals surface area contributed by atoms with Crippen LogP contribution in [0.5, 0.6) is 0 Å². The Bertz CT molecular complexity index is 853. The summed E-state index contributed by atoms with van der Waals surface area (Å²) in [5, 5.41) is 6.32. The standard InChI is InChI=1S/C19H17NO3/c1-11(21)23-20-17-10-16-14(8-9-18(16)22)15-7-6-12-4-2-3-5-13(12)19(15)17/h2-7,14,16H,8-10H2,1H3/b20-17+. The van der Waals surface area contributed by atoms with Gasteiger partial charge in [-0.3, -0.25) is 4.79 Å². The fraction of sp³-hybridized carbons (Fsp3) is 0.316. The predicted octanol–water partition coefficient (Wildman–Crippen LogP) is 3.57. The molecule has 2 aromatic rings. The normalized spacial score (nSPS) is 24.6. The summed E-state index contributed by atoms with van der Waals surface area (Å²) >= 11 is 0. The van der Waals surface area contributed by atoms with E-state index >= 15 is 0 Å². The quantitative estimate of drug-likeness (QED) is 0.598. The second kappa shape index (κ2) is 5.30. The lowest BCUT2D eigenvalue weighted by molar-refractivity contribution is -0.140. The molecule has 23 heavy (non-hydrogen) atoms. The summed E-state index contributed by atoms with van der Waals surface area (Å²) in [6, 6.07) is 12.3. The summed E-state index contributed by atoms with van der Waals surface area (Å²) < 4.78 is 0. The SMILES string of the molecule is CC(=O)O/N=C1\CC2C(=O)CCC2c2ccc3ccccc3c21. The molecule has 2 unspecified atom stereocenters. The van der Waals surface area contributed by atoms with Gasteiger partial charge in [-0.25, -0.2) is 4.79 Å². The van der Waals surface area contributed by atoms with Crippen LogP contribution in [-0.2, 0) is 14.4 Å². The first-order valence-electron chi connectivity index (χ1n) is 7.94. The number of hydrogen-bond donors (Lipinski definition) is 0. The van der Waals surface area contributed by atoms with Gasteiger partial charge in [0.2, 0.25) is 0 Å². The third kappa shape index (κ3) is 2.25. The van der Waals surface area contributed by atoms with E-state index in [2.05, 4.69) is 29.4 Å². The monoisotopic (exact) mass is 307 g/mol. The predicted molar refractivity (Wildman–Crippen MR) is 87.3 cm³/mol. The third-order valence-electron chi connectivity index (χ3n) is 4.95. The molecule has 1 fully saturated rings. The van der Waals surface area contributed by atoms with Crippen LogP contribution in [0.4, 0.5) is 0 Å². The highest BCUT2D eigenvalue weighted by molar-refractivity contribution is 6.14. The number of rotatable bonds is 1. The molecule has 0 amide bonds. The van der Waals surface area contributed by atoms with Crippen molar-refractivity contribution >= 4 is 28.2 Å². The summed E-state index contributed by atoms with van der Waals surface area (Å²) in [4.78, 5) is 28.3. The molecule has 0 spiro atoms. The summed E-state index contributed by atoms with van der Waals surface area (Å²) in [6.07, 6.45) is 2.08. The van der Waals surface area contributed by atoms with E-state index in [0.717, 1.165) is 28.3 Å². The zero-order chi connectivity index (χ0) is 16.0. The van der Waals surface area contributed by atoms with E-state index in [1.165, 1.54) is 6.92 Å². The van der Waals surface area contributed by atoms with Gasteiger partial charge in [-0.05, 0) is 28.7 Å². The van der Waals surface area contributed by atoms with Gasteiger partial charge in [0.1, 0.15) is 5.78 Å². The van der Waals surface area contributed by atoms with E-state index in [1.807, 2.05) is 12.1 Å². The van der Waals surface area contributed by atoms with Gasteiger partial charge >= 0.3 is 5.97 Å². The molecule has 4 rings (SSSR count). The molecule has 2 aliphatic carbocycles. The smallest absolute Gasteiger partial charge is 0.318 e. The van der Waals surface area contributed by atoms with Gasteiger partial charge in [-0.15, -0.1) is 0 Å². The molecule has 0 aliphatic heterocycles. The minimum atomic E-state index is -0.445. The average molecular weight is 307 g/mol. The second-order valence-electron chi connectivity index (χ2n) is 6.29. The maximum atomic E-state index is 12.2. The van der Waals surface area contributed by atoms with Crippen molar-refractivity contribution < 1.29 is 14.4 Å². The molecule has 4 nitrogen and oxygen atoms in total. The molecular weight excluding hydrogens is 290 g/mol. The molecule has 1 saturated carbocycles. The molecule has 2 aromatic carbocycles. The molecule has 0 radical (unpaired) electrons. The minimum absolute atomic E-state index is 0.0297. The van der Waals surface area contributed by atoms with E-state index in [0.29, 0.717) is 24.3 Å². The number of Topliss-reactive ketones (excluding diaryl/α,β-unsaturated/α-hetero) is 1. The molecular formula is C19H17NO3. The molecule has 0 N–H and O–H groups in total. The zero-order valence-electron chi connectivity index (χ0n) is 12.9. The molecule has 0 saturated heterocycles. The molecule has 2 aliphatic rings. The van der Waals surface area contributed by atoms with Crippen molar-refractivity contribution in [2.45, 2.75) is 32.1 Å². The maximum Gasteiger partial charge on any atom is 0.331 e. The van der Waals surface area contributed by atoms with Gasteiger partial charge in [0.25, 0.3) is 0 Å². The highest BCUT2D eigenvalue weighted by Crippen LogP contribution is 2.46. The highest BCUT2D eigenvalue weighted by Gasteiger charge is 2.42. The Labute approximate surface area is 134 Å². The number of carbonyl (C=O) groups excluding carboxylic acids is 2. The second-order valence-corrected chi connectivity index (χ2v) is 6.29. The topological polar surface area (TPSA) is 55.7 Å². The summed E-state index contributed by atoms with van der Waals surface area (Å²) in [6.45, 7) is 1.33. The van der Waals surface area contributed by atoms with Gasteiger partial charge in [0, 0.05) is 31.2 Å². The fourth-order valence-electron chi connectivity index (χ4n) is 3.97. The Hall–Kier alpha value is -2.49. The van der Waals surface area contributed by atoms with Crippen LogP contribution in [0.1, 0.15) is 43.2 Å². The minimum Gasteiger partial charge on any atom is -0.318 e. The molecule has 2 atom stereocenters. The van der Waals surface area contributed by atoms with Crippen LogP contribution >= 0.6 is 0 Å². The van der Waals surface area contributed by atoms with Crippen molar-refractivity contribution in [3.8, 4) is 0 Å². The van der Waals surface area contributed by atoms with E-state index in [4.69, 9.17) is 4.84 Å². The highest BCUT2D eigenvalue weighted by atomic mass is 16.7. The molecule has 0 bridgehead atoms. The van der Waals surface area contributed by atoms with Gasteiger partial charge in [0.05, 0.1) is 5.71 Å². The Morgan fingerprint density at radius 3 is 2.83 bits per heavy atom. The summed E-state index contributed by atoms with van der Waals surface area (Å²) in [5.41, 5.74) is 2.92. The van der Waals surface area contributed by atoms with Crippen molar-refractivity contribution in [2.24, 2.45) is 11.1 Å². The molecule has 116 valence electrons. The van der Waals surface area contributed by atoms with Crippen LogP contribution in [0.25, 0.3) is 10.8 Å². The lowest BCUT2D eigenvalue weighted by atomic mass is 9.74. The van der Waals surface area contributed by atoms with E-state index in [-0.39, 0.29) is 11.8 Å². The number of carbonyl (C=O) groups is 2. The Morgan fingerprint density at radius 1 is 1.17 bits per heavy atom. The van der Waals surface area contributed by atoms with Crippen LogP contribution in [0.3, 0.4) is 0 Å². The van der Waals surface area contributed by atoms with Crippen molar-refractivity contribution in [1.29, 1.82) is 0 Å². The van der Waals surface area contributed by atoms with Gasteiger partial charge in [-0.2, -0.15) is 0 Å². The number of hydrogen-bond acceptors (Lipinski definition) is 4. The van der Waals surface area contributed by atoms with Crippen LogP contribution in [-0.4, -0.2) is 17.5 Å². The molecule has 4 heteroatoms.